The first-order valence-corrected chi connectivity index (χ1v) is 7.74. The van der Waals surface area contributed by atoms with Crippen LogP contribution in [0.4, 0.5) is 0 Å². The molecule has 6 heteroatoms. The van der Waals surface area contributed by atoms with Crippen LogP contribution in [0.2, 0.25) is 0 Å². The Labute approximate surface area is 129 Å². The third-order valence-corrected chi connectivity index (χ3v) is 3.98. The lowest BCUT2D eigenvalue weighted by Crippen LogP contribution is -2.39. The highest BCUT2D eigenvalue weighted by Crippen LogP contribution is 2.22. The molecule has 2 rings (SSSR count). The van der Waals surface area contributed by atoms with Gasteiger partial charge in [0.05, 0.1) is 0 Å². The van der Waals surface area contributed by atoms with Crippen molar-refractivity contribution in [1.29, 1.82) is 0 Å². The third kappa shape index (κ3) is 4.44. The van der Waals surface area contributed by atoms with Crippen LogP contribution in [-0.2, 0) is 9.53 Å². The van der Waals surface area contributed by atoms with E-state index in [0.29, 0.717) is 12.5 Å². The highest BCUT2D eigenvalue weighted by Gasteiger charge is 2.21. The monoisotopic (exact) mass is 306 g/mol. The second-order valence-electron chi connectivity index (χ2n) is 5.71. The molecule has 120 valence electrons. The summed E-state index contributed by atoms with van der Waals surface area (Å²) in [5, 5.41) is 2.82. The van der Waals surface area contributed by atoms with Gasteiger partial charge >= 0.3 is 5.97 Å². The third-order valence-electron chi connectivity index (χ3n) is 3.98. The number of rotatable bonds is 5. The predicted octanol–water partition coefficient (Wildman–Crippen LogP) is 1.62. The number of aromatic nitrogens is 1. The molecule has 0 unspecified atom stereocenters. The number of hydrogen-bond donors (Lipinski definition) is 2. The number of carbonyl (C=O) groups excluding carboxylic acids is 2. The number of esters is 1. The van der Waals surface area contributed by atoms with Crippen LogP contribution < -0.4 is 10.9 Å². The van der Waals surface area contributed by atoms with Gasteiger partial charge < -0.3 is 15.0 Å². The molecule has 2 N–H and O–H groups in total. The van der Waals surface area contributed by atoms with Gasteiger partial charge in [-0.05, 0) is 37.8 Å². The van der Waals surface area contributed by atoms with Gasteiger partial charge in [0.15, 0.2) is 6.10 Å². The van der Waals surface area contributed by atoms with Crippen molar-refractivity contribution in [3.63, 3.8) is 0 Å². The van der Waals surface area contributed by atoms with Gasteiger partial charge in [0.1, 0.15) is 5.56 Å². The van der Waals surface area contributed by atoms with E-state index in [2.05, 4.69) is 10.3 Å². The maximum Gasteiger partial charge on any atom is 0.344 e. The summed E-state index contributed by atoms with van der Waals surface area (Å²) in [5.74, 6) is -0.606. The zero-order valence-corrected chi connectivity index (χ0v) is 12.8. The number of aromatic amines is 1. The first-order chi connectivity index (χ1) is 10.6. The number of nitrogens with one attached hydrogen (secondary N) is 2. The van der Waals surface area contributed by atoms with Gasteiger partial charge in [-0.25, -0.2) is 4.79 Å². The van der Waals surface area contributed by atoms with Crippen LogP contribution in [-0.4, -0.2) is 29.5 Å². The molecule has 1 heterocycles. The highest BCUT2D eigenvalue weighted by atomic mass is 16.5. The fraction of sp³-hybridized carbons (Fsp3) is 0.562. The summed E-state index contributed by atoms with van der Waals surface area (Å²) in [5.41, 5.74) is -0.628. The standard InChI is InChI=1S/C16H22N2O4/c1-11(14(19)18-10-12-6-3-2-4-7-12)22-16(21)13-8-5-9-17-15(13)20/h5,8-9,11-12H,2-4,6-7,10H2,1H3,(H,17,20)(H,18,19)/t11-/m0/s1. The van der Waals surface area contributed by atoms with Crippen molar-refractivity contribution in [2.24, 2.45) is 5.92 Å². The largest absolute Gasteiger partial charge is 0.449 e. The molecule has 1 saturated carbocycles. The SMILES string of the molecule is C[C@H](OC(=O)c1ccc[nH]c1=O)C(=O)NCC1CCCCC1. The van der Waals surface area contributed by atoms with E-state index in [1.54, 1.807) is 0 Å². The Hall–Kier alpha value is -2.11. The lowest BCUT2D eigenvalue weighted by atomic mass is 9.89. The molecular formula is C16H22N2O4. The fourth-order valence-corrected chi connectivity index (χ4v) is 2.64. The molecule has 6 nitrogen and oxygen atoms in total. The second kappa shape index (κ2) is 7.77. The van der Waals surface area contributed by atoms with Crippen LogP contribution in [0.15, 0.2) is 23.1 Å². The van der Waals surface area contributed by atoms with E-state index in [1.807, 2.05) is 0 Å². The van der Waals surface area contributed by atoms with E-state index in [9.17, 15) is 14.4 Å². The number of H-pyrrole nitrogens is 1. The van der Waals surface area contributed by atoms with Crippen molar-refractivity contribution in [3.05, 3.63) is 34.2 Å². The van der Waals surface area contributed by atoms with Gasteiger partial charge in [-0.2, -0.15) is 0 Å². The molecule has 1 aromatic heterocycles. The Morgan fingerprint density at radius 2 is 2.09 bits per heavy atom. The van der Waals surface area contributed by atoms with Gasteiger partial charge in [0.2, 0.25) is 0 Å². The molecule has 0 saturated heterocycles. The van der Waals surface area contributed by atoms with E-state index in [-0.39, 0.29) is 11.5 Å². The average Bonchev–Trinajstić information content (AvgIpc) is 2.53. The van der Waals surface area contributed by atoms with Gasteiger partial charge in [-0.15, -0.1) is 0 Å². The van der Waals surface area contributed by atoms with Crippen molar-refractivity contribution >= 4 is 11.9 Å². The highest BCUT2D eigenvalue weighted by molar-refractivity contribution is 5.91. The molecule has 1 aromatic rings. The Morgan fingerprint density at radius 3 is 2.77 bits per heavy atom. The maximum absolute atomic E-state index is 12.0. The van der Waals surface area contributed by atoms with Gasteiger partial charge in [-0.3, -0.25) is 9.59 Å². The van der Waals surface area contributed by atoms with Crippen LogP contribution >= 0.6 is 0 Å². The molecule has 0 aliphatic heterocycles. The van der Waals surface area contributed by atoms with Gasteiger partial charge in [0.25, 0.3) is 11.5 Å². The molecular weight excluding hydrogens is 284 g/mol. The summed E-state index contributed by atoms with van der Waals surface area (Å²) in [6.45, 7) is 2.12. The topological polar surface area (TPSA) is 88.3 Å². The quantitative estimate of drug-likeness (QED) is 0.809. The van der Waals surface area contributed by atoms with Gasteiger partial charge in [-0.1, -0.05) is 19.3 Å². The summed E-state index contributed by atoms with van der Waals surface area (Å²) >= 11 is 0. The fourth-order valence-electron chi connectivity index (χ4n) is 2.64. The lowest BCUT2D eigenvalue weighted by Gasteiger charge is -2.22. The molecule has 0 aromatic carbocycles. The number of hydrogen-bond acceptors (Lipinski definition) is 4. The van der Waals surface area contributed by atoms with Crippen LogP contribution in [0.3, 0.4) is 0 Å². The molecule has 1 fully saturated rings. The molecule has 1 amide bonds. The molecule has 1 aliphatic carbocycles. The number of carbonyl (C=O) groups is 2. The minimum atomic E-state index is -0.921. The zero-order valence-electron chi connectivity index (χ0n) is 12.8. The normalized spacial score (nSPS) is 16.8. The summed E-state index contributed by atoms with van der Waals surface area (Å²) in [7, 11) is 0. The average molecular weight is 306 g/mol. The first-order valence-electron chi connectivity index (χ1n) is 7.74. The maximum atomic E-state index is 12.0. The van der Waals surface area contributed by atoms with Crippen molar-refractivity contribution in [2.75, 3.05) is 6.54 Å². The Bertz CT molecular complexity index is 576. The molecule has 22 heavy (non-hydrogen) atoms. The van der Waals surface area contributed by atoms with Crippen LogP contribution in [0.25, 0.3) is 0 Å². The molecule has 0 radical (unpaired) electrons. The Balaban J connectivity index is 1.82. The minimum Gasteiger partial charge on any atom is -0.449 e. The van der Waals surface area contributed by atoms with E-state index in [4.69, 9.17) is 4.74 Å². The predicted molar refractivity (Wildman–Crippen MR) is 81.5 cm³/mol. The second-order valence-corrected chi connectivity index (χ2v) is 5.71. The lowest BCUT2D eigenvalue weighted by molar-refractivity contribution is -0.129. The van der Waals surface area contributed by atoms with Crippen molar-refractivity contribution in [2.45, 2.75) is 45.1 Å². The van der Waals surface area contributed by atoms with Crippen molar-refractivity contribution < 1.29 is 14.3 Å². The van der Waals surface area contributed by atoms with E-state index < -0.39 is 17.6 Å². The molecule has 1 atom stereocenters. The molecule has 0 spiro atoms. The number of pyridine rings is 1. The van der Waals surface area contributed by atoms with Crippen LogP contribution in [0, 0.1) is 5.92 Å². The van der Waals surface area contributed by atoms with Crippen LogP contribution in [0.1, 0.15) is 49.4 Å². The van der Waals surface area contributed by atoms with E-state index >= 15 is 0 Å². The Kier molecular flexibility index (Phi) is 5.75. The smallest absolute Gasteiger partial charge is 0.344 e. The molecule has 1 aliphatic rings. The van der Waals surface area contributed by atoms with Crippen molar-refractivity contribution in [3.8, 4) is 0 Å². The summed E-state index contributed by atoms with van der Waals surface area (Å²) in [6, 6.07) is 2.90. The molecule has 0 bridgehead atoms. The Morgan fingerprint density at radius 1 is 1.36 bits per heavy atom. The van der Waals surface area contributed by atoms with E-state index in [0.717, 1.165) is 12.8 Å². The zero-order chi connectivity index (χ0) is 15.9. The number of ether oxygens (including phenoxy) is 1. The van der Waals surface area contributed by atoms with Crippen molar-refractivity contribution in [1.82, 2.24) is 10.3 Å². The minimum absolute atomic E-state index is 0.102. The summed E-state index contributed by atoms with van der Waals surface area (Å²) < 4.78 is 5.05. The van der Waals surface area contributed by atoms with Crippen LogP contribution in [0.5, 0.6) is 0 Å². The van der Waals surface area contributed by atoms with Gasteiger partial charge in [0, 0.05) is 12.7 Å². The van der Waals surface area contributed by atoms with E-state index in [1.165, 1.54) is 44.5 Å². The summed E-state index contributed by atoms with van der Waals surface area (Å²) in [4.78, 5) is 37.7. The number of amides is 1. The first kappa shape index (κ1) is 16.3. The summed E-state index contributed by atoms with van der Waals surface area (Å²) in [6.07, 6.45) is 6.46.